The zero-order valence-corrected chi connectivity index (χ0v) is 33.0. The average Bonchev–Trinajstić information content (AvgIpc) is 3.83. The predicted molar refractivity (Wildman–Crippen MR) is 187 cm³/mol. The molecule has 6 heterocycles. The number of hydrogen-bond donors (Lipinski definition) is 0. The Morgan fingerprint density at radius 1 is 0.592 bits per heavy atom. The monoisotopic (exact) mass is 788 g/mol. The van der Waals surface area contributed by atoms with Crippen LogP contribution in [0, 0.1) is 6.92 Å². The molecule has 0 fully saturated rings. The Labute approximate surface area is 333 Å². The van der Waals surface area contributed by atoms with E-state index >= 15 is 0 Å². The smallest absolute Gasteiger partial charge is 0.273 e. The van der Waals surface area contributed by atoms with Crippen molar-refractivity contribution in [2.45, 2.75) is 31.8 Å². The first-order chi connectivity index (χ1) is 23.1. The first-order valence-corrected chi connectivity index (χ1v) is 16.2. The van der Waals surface area contributed by atoms with Gasteiger partial charge in [-0.3, -0.25) is 4.57 Å². The zero-order valence-electron chi connectivity index (χ0n) is 27.3. The van der Waals surface area contributed by atoms with Crippen molar-refractivity contribution in [3.63, 3.8) is 0 Å². The predicted octanol–water partition coefficient (Wildman–Crippen LogP) is 6.40. The molecule has 0 saturated heterocycles. The number of hydrogen-bond acceptors (Lipinski definition) is 5. The fourth-order valence-corrected chi connectivity index (χ4v) is 8.05. The molecule has 4 aliphatic rings. The van der Waals surface area contributed by atoms with Crippen molar-refractivity contribution in [3.05, 3.63) is 137 Å². The van der Waals surface area contributed by atoms with Gasteiger partial charge in [-0.25, -0.2) is 19.1 Å². The molecule has 232 valence electrons. The molecule has 0 N–H and O–H groups in total. The normalized spacial score (nSPS) is 17.9. The summed E-state index contributed by atoms with van der Waals surface area (Å²) in [5, 5.41) is 4.15. The summed E-state index contributed by atoms with van der Waals surface area (Å²) in [6.45, 7) is 6.95. The molecule has 10 rings (SSSR count). The van der Waals surface area contributed by atoms with Crippen molar-refractivity contribution in [2.75, 3.05) is 7.05 Å². The molecular formula is C39H30N8Y2. The third kappa shape index (κ3) is 4.37. The Balaban J connectivity index is 0.00000174. The van der Waals surface area contributed by atoms with E-state index in [-0.39, 0.29) is 65.4 Å². The standard InChI is InChI=1S/C39H30N8.2Y/c1-4-22-39(5-2)46-35-27-18-10-11-19-28(27)36(46)44-33-25-16-8-9-17-26(25)34(41-33)45(3)38-30-21-13-12-20-29(30)37(47(38)39)43-32-24-15-7-6-14-23(24)31(40-32)42-35;;/h6-21H,2,4-5,22H2,1,3H3;;. The number of aliphatic imine (C=N–C) groups is 3. The largest absolute Gasteiger partial charge is 0.338 e. The number of nitrogens with zero attached hydrogens (tertiary/aromatic N) is 8. The summed E-state index contributed by atoms with van der Waals surface area (Å²) in [7, 11) is 2.11. The van der Waals surface area contributed by atoms with Gasteiger partial charge in [-0.15, -0.1) is 6.42 Å². The summed E-state index contributed by atoms with van der Waals surface area (Å²) < 4.78 is 6.97. The second-order valence-corrected chi connectivity index (χ2v) is 12.5. The van der Waals surface area contributed by atoms with Crippen LogP contribution in [0.4, 0.5) is 11.6 Å². The minimum absolute atomic E-state index is 0. The molecule has 2 aromatic heterocycles. The Hall–Kier alpha value is -3.55. The number of fused-ring (bicyclic) bond motifs is 14. The van der Waals surface area contributed by atoms with Crippen LogP contribution in [0.25, 0.3) is 21.5 Å². The number of rotatable bonds is 3. The third-order valence-electron chi connectivity index (χ3n) is 10.1. The summed E-state index contributed by atoms with van der Waals surface area (Å²) in [5.74, 6) is 4.69. The molecule has 6 bridgehead atoms. The maximum Gasteiger partial charge on any atom is 0.273 e. The third-order valence-corrected chi connectivity index (χ3v) is 10.1. The van der Waals surface area contributed by atoms with Crippen LogP contribution < -0.4 is 11.0 Å². The van der Waals surface area contributed by atoms with E-state index in [0.717, 1.165) is 85.1 Å². The Kier molecular flexibility index (Phi) is 8.03. The molecule has 0 spiro atoms. The first-order valence-electron chi connectivity index (χ1n) is 16.2. The molecule has 0 amide bonds. The Morgan fingerprint density at radius 2 is 1.08 bits per heavy atom. The van der Waals surface area contributed by atoms with E-state index < -0.39 is 5.66 Å². The second kappa shape index (κ2) is 12.0. The molecule has 6 aromatic rings. The van der Waals surface area contributed by atoms with E-state index in [2.05, 4.69) is 113 Å². The minimum atomic E-state index is -0.735. The fourth-order valence-electron chi connectivity index (χ4n) is 8.05. The van der Waals surface area contributed by atoms with Crippen LogP contribution in [0.3, 0.4) is 0 Å². The van der Waals surface area contributed by atoms with Crippen molar-refractivity contribution in [1.82, 2.24) is 9.13 Å². The van der Waals surface area contributed by atoms with Gasteiger partial charge in [0, 0.05) is 99.1 Å². The average molecular weight is 789 g/mol. The van der Waals surface area contributed by atoms with E-state index in [0.29, 0.717) is 23.9 Å². The van der Waals surface area contributed by atoms with Gasteiger partial charge in [-0.05, 0) is 24.3 Å². The van der Waals surface area contributed by atoms with Gasteiger partial charge in [0.2, 0.25) is 17.5 Å². The Bertz CT molecular complexity index is 2660. The van der Waals surface area contributed by atoms with E-state index in [1.165, 1.54) is 0 Å². The van der Waals surface area contributed by atoms with Gasteiger partial charge in [0.25, 0.3) is 5.84 Å². The quantitative estimate of drug-likeness (QED) is 0.147. The summed E-state index contributed by atoms with van der Waals surface area (Å²) in [5.41, 5.74) is 4.87. The van der Waals surface area contributed by atoms with Gasteiger partial charge >= 0.3 is 0 Å². The zero-order chi connectivity index (χ0) is 31.4. The SMILES string of the molecule is [CH2-]CC1(CCC)n2c3c4ccccc4c2[N+](C)=C2N=C(N=c4c5ccccc5c(n41)=NC1=NC(=N3)c3ccccc31)c1ccccc12.[Y].[Y]. The molecule has 49 heavy (non-hydrogen) atoms. The van der Waals surface area contributed by atoms with Crippen LogP contribution in [-0.2, 0) is 71.1 Å². The molecule has 4 aliphatic heterocycles. The molecule has 8 nitrogen and oxygen atoms in total. The molecule has 2 radical (unpaired) electrons. The number of aromatic nitrogens is 2. The van der Waals surface area contributed by atoms with Gasteiger partial charge in [0.15, 0.2) is 11.7 Å². The van der Waals surface area contributed by atoms with Gasteiger partial charge < -0.3 is 6.92 Å². The number of amidine groups is 4. The maximum absolute atomic E-state index is 5.49. The molecule has 1 unspecified atom stereocenters. The fraction of sp³-hybridized carbons (Fsp3) is 0.154. The maximum atomic E-state index is 5.49. The van der Waals surface area contributed by atoms with E-state index in [1.807, 2.05) is 12.1 Å². The van der Waals surface area contributed by atoms with Gasteiger partial charge in [0.1, 0.15) is 16.6 Å². The van der Waals surface area contributed by atoms with Crippen molar-refractivity contribution < 1.29 is 70.0 Å². The second-order valence-electron chi connectivity index (χ2n) is 12.5. The Morgan fingerprint density at radius 3 is 1.67 bits per heavy atom. The first kappa shape index (κ1) is 32.6. The molecule has 10 heteroatoms. The molecule has 0 saturated carbocycles. The molecule has 4 aromatic carbocycles. The van der Waals surface area contributed by atoms with E-state index in [9.17, 15) is 0 Å². The van der Waals surface area contributed by atoms with Gasteiger partial charge in [-0.2, -0.15) is 9.98 Å². The molecule has 1 atom stereocenters. The van der Waals surface area contributed by atoms with Crippen LogP contribution >= 0.6 is 0 Å². The topological polar surface area (TPSA) is 74.7 Å². The summed E-state index contributed by atoms with van der Waals surface area (Å²) in [6.07, 6.45) is 2.20. The van der Waals surface area contributed by atoms with Crippen molar-refractivity contribution in [3.8, 4) is 0 Å². The van der Waals surface area contributed by atoms with E-state index in [1.54, 1.807) is 0 Å². The number of benzene rings is 4. The van der Waals surface area contributed by atoms with Crippen LogP contribution in [0.2, 0.25) is 0 Å². The van der Waals surface area contributed by atoms with Crippen LogP contribution in [0.5, 0.6) is 0 Å². The minimum Gasteiger partial charge on any atom is -0.338 e. The molecular weight excluding hydrogens is 758 g/mol. The van der Waals surface area contributed by atoms with Crippen molar-refractivity contribution >= 4 is 56.5 Å². The van der Waals surface area contributed by atoms with Crippen molar-refractivity contribution in [2.24, 2.45) is 25.0 Å². The van der Waals surface area contributed by atoms with Gasteiger partial charge in [-0.1, -0.05) is 91.1 Å². The van der Waals surface area contributed by atoms with Crippen LogP contribution in [0.1, 0.15) is 48.4 Å². The van der Waals surface area contributed by atoms with Gasteiger partial charge in [0.05, 0.1) is 23.6 Å². The van der Waals surface area contributed by atoms with Crippen LogP contribution in [0.15, 0.2) is 122 Å². The summed E-state index contributed by atoms with van der Waals surface area (Å²) >= 11 is 0. The van der Waals surface area contributed by atoms with Crippen molar-refractivity contribution in [1.29, 1.82) is 0 Å². The summed E-state index contributed by atoms with van der Waals surface area (Å²) in [4.78, 5) is 26.8. The molecule has 0 aliphatic carbocycles. The van der Waals surface area contributed by atoms with Crippen LogP contribution in [-0.4, -0.2) is 44.1 Å². The van der Waals surface area contributed by atoms with E-state index in [4.69, 9.17) is 31.9 Å². The summed E-state index contributed by atoms with van der Waals surface area (Å²) in [6, 6.07) is 33.6.